The van der Waals surface area contributed by atoms with E-state index in [1.807, 2.05) is 6.07 Å². The monoisotopic (exact) mass is 314 g/mol. The van der Waals surface area contributed by atoms with Crippen LogP contribution < -0.4 is 9.47 Å². The normalized spacial score (nSPS) is 10.0. The van der Waals surface area contributed by atoms with E-state index in [1.165, 1.54) is 14.0 Å². The first-order chi connectivity index (χ1) is 11.1. The van der Waals surface area contributed by atoms with Crippen molar-refractivity contribution in [1.82, 2.24) is 0 Å². The Balaban J connectivity index is 1.84. The zero-order valence-corrected chi connectivity index (χ0v) is 13.1. The molecule has 0 radical (unpaired) electrons. The second-order valence-corrected chi connectivity index (χ2v) is 4.77. The number of hydrogen-bond donors (Lipinski definition) is 0. The van der Waals surface area contributed by atoms with Gasteiger partial charge in [0.2, 0.25) is 0 Å². The van der Waals surface area contributed by atoms with Gasteiger partial charge in [0.05, 0.1) is 18.2 Å². The lowest BCUT2D eigenvalue weighted by Crippen LogP contribution is -2.11. The summed E-state index contributed by atoms with van der Waals surface area (Å²) in [5, 5.41) is 0. The Kier molecular flexibility index (Phi) is 5.74. The maximum Gasteiger partial charge on any atom is 0.337 e. The van der Waals surface area contributed by atoms with E-state index in [1.54, 1.807) is 42.5 Å². The summed E-state index contributed by atoms with van der Waals surface area (Å²) in [5.74, 6) is 0.742. The summed E-state index contributed by atoms with van der Waals surface area (Å²) in [7, 11) is 1.34. The summed E-state index contributed by atoms with van der Waals surface area (Å²) in [6.07, 6.45) is 0. The molecule has 0 aliphatic carbocycles. The Labute approximate surface area is 134 Å². The SMILES string of the molecule is COC(=O)c1ccc(OCCOc2ccccc2C(C)=O)cc1. The molecule has 23 heavy (non-hydrogen) atoms. The number of Topliss-reactive ketones (excluding diaryl/α,β-unsaturated/α-hetero) is 1. The highest BCUT2D eigenvalue weighted by Crippen LogP contribution is 2.18. The Morgan fingerprint density at radius 3 is 2.22 bits per heavy atom. The number of carbonyl (C=O) groups is 2. The van der Waals surface area contributed by atoms with Gasteiger partial charge in [-0.2, -0.15) is 0 Å². The number of para-hydroxylation sites is 1. The van der Waals surface area contributed by atoms with Crippen LogP contribution in [-0.2, 0) is 4.74 Å². The van der Waals surface area contributed by atoms with Crippen LogP contribution >= 0.6 is 0 Å². The molecule has 0 N–H and O–H groups in total. The van der Waals surface area contributed by atoms with Gasteiger partial charge >= 0.3 is 5.97 Å². The van der Waals surface area contributed by atoms with Crippen molar-refractivity contribution in [3.8, 4) is 11.5 Å². The first-order valence-electron chi connectivity index (χ1n) is 7.15. The van der Waals surface area contributed by atoms with Crippen molar-refractivity contribution in [2.75, 3.05) is 20.3 Å². The number of ketones is 1. The fraction of sp³-hybridized carbons (Fsp3) is 0.222. The van der Waals surface area contributed by atoms with Crippen LogP contribution in [0.1, 0.15) is 27.6 Å². The number of methoxy groups -OCH3 is 1. The van der Waals surface area contributed by atoms with Crippen molar-refractivity contribution in [1.29, 1.82) is 0 Å². The van der Waals surface area contributed by atoms with Crippen LogP contribution in [0.4, 0.5) is 0 Å². The Morgan fingerprint density at radius 2 is 1.57 bits per heavy atom. The van der Waals surface area contributed by atoms with Gasteiger partial charge in [-0.3, -0.25) is 4.79 Å². The van der Waals surface area contributed by atoms with E-state index < -0.39 is 0 Å². The predicted molar refractivity (Wildman–Crippen MR) is 85.2 cm³/mol. The first kappa shape index (κ1) is 16.5. The third-order valence-electron chi connectivity index (χ3n) is 3.15. The van der Waals surface area contributed by atoms with Crippen molar-refractivity contribution in [2.24, 2.45) is 0 Å². The highest BCUT2D eigenvalue weighted by atomic mass is 16.5. The molecular formula is C18H18O5. The largest absolute Gasteiger partial charge is 0.490 e. The van der Waals surface area contributed by atoms with E-state index in [2.05, 4.69) is 4.74 Å². The van der Waals surface area contributed by atoms with Crippen LogP contribution in [-0.4, -0.2) is 32.1 Å². The van der Waals surface area contributed by atoms with Crippen LogP contribution in [0.15, 0.2) is 48.5 Å². The molecule has 0 unspecified atom stereocenters. The Bertz CT molecular complexity index is 676. The molecule has 0 spiro atoms. The molecule has 0 amide bonds. The molecule has 0 fully saturated rings. The van der Waals surface area contributed by atoms with E-state index >= 15 is 0 Å². The molecular weight excluding hydrogens is 296 g/mol. The van der Waals surface area contributed by atoms with E-state index in [0.717, 1.165) is 0 Å². The minimum absolute atomic E-state index is 0.0417. The van der Waals surface area contributed by atoms with Crippen molar-refractivity contribution in [3.05, 3.63) is 59.7 Å². The summed E-state index contributed by atoms with van der Waals surface area (Å²) < 4.78 is 15.7. The molecule has 5 nitrogen and oxygen atoms in total. The molecule has 120 valence electrons. The predicted octanol–water partition coefficient (Wildman–Crippen LogP) is 3.13. The minimum Gasteiger partial charge on any atom is -0.490 e. The Hall–Kier alpha value is -2.82. The second-order valence-electron chi connectivity index (χ2n) is 4.77. The molecule has 0 heterocycles. The number of hydrogen-bond acceptors (Lipinski definition) is 5. The zero-order chi connectivity index (χ0) is 16.7. The molecule has 2 rings (SSSR count). The maximum absolute atomic E-state index is 11.5. The van der Waals surface area contributed by atoms with Gasteiger partial charge < -0.3 is 14.2 Å². The lowest BCUT2D eigenvalue weighted by atomic mass is 10.1. The van der Waals surface area contributed by atoms with Gasteiger partial charge in [0.1, 0.15) is 24.7 Å². The third-order valence-corrected chi connectivity index (χ3v) is 3.15. The van der Waals surface area contributed by atoms with Gasteiger partial charge in [0, 0.05) is 0 Å². The van der Waals surface area contributed by atoms with Gasteiger partial charge in [-0.15, -0.1) is 0 Å². The maximum atomic E-state index is 11.5. The molecule has 0 aliphatic rings. The molecule has 2 aromatic carbocycles. The summed E-state index contributed by atoms with van der Waals surface area (Å²) >= 11 is 0. The van der Waals surface area contributed by atoms with Crippen molar-refractivity contribution in [2.45, 2.75) is 6.92 Å². The minimum atomic E-state index is -0.388. The zero-order valence-electron chi connectivity index (χ0n) is 13.1. The summed E-state index contributed by atoms with van der Waals surface area (Å²) in [5.41, 5.74) is 1.02. The summed E-state index contributed by atoms with van der Waals surface area (Å²) in [6, 6.07) is 13.7. The molecule has 0 aromatic heterocycles. The van der Waals surface area contributed by atoms with Gasteiger partial charge in [-0.25, -0.2) is 4.79 Å². The average Bonchev–Trinajstić information content (AvgIpc) is 2.58. The average molecular weight is 314 g/mol. The van der Waals surface area contributed by atoms with Crippen molar-refractivity contribution in [3.63, 3.8) is 0 Å². The highest BCUT2D eigenvalue weighted by molar-refractivity contribution is 5.96. The van der Waals surface area contributed by atoms with E-state index in [4.69, 9.17) is 9.47 Å². The number of esters is 1. The van der Waals surface area contributed by atoms with Crippen LogP contribution in [0, 0.1) is 0 Å². The molecule has 0 saturated carbocycles. The molecule has 0 bridgehead atoms. The van der Waals surface area contributed by atoms with Crippen LogP contribution in [0.5, 0.6) is 11.5 Å². The molecule has 5 heteroatoms. The van der Waals surface area contributed by atoms with Crippen LogP contribution in [0.3, 0.4) is 0 Å². The van der Waals surface area contributed by atoms with Crippen LogP contribution in [0.2, 0.25) is 0 Å². The molecule has 2 aromatic rings. The van der Waals surface area contributed by atoms with E-state index in [0.29, 0.717) is 35.8 Å². The van der Waals surface area contributed by atoms with Gasteiger partial charge in [0.15, 0.2) is 5.78 Å². The smallest absolute Gasteiger partial charge is 0.337 e. The van der Waals surface area contributed by atoms with Gasteiger partial charge in [-0.1, -0.05) is 12.1 Å². The lowest BCUT2D eigenvalue weighted by Gasteiger charge is -2.11. The summed E-state index contributed by atoms with van der Waals surface area (Å²) in [6.45, 7) is 2.13. The molecule has 0 atom stereocenters. The fourth-order valence-electron chi connectivity index (χ4n) is 2.00. The third kappa shape index (κ3) is 4.57. The number of ether oxygens (including phenoxy) is 3. The number of benzene rings is 2. The van der Waals surface area contributed by atoms with Crippen molar-refractivity contribution < 1.29 is 23.8 Å². The standard InChI is InChI=1S/C18H18O5/c1-13(19)16-5-3-4-6-17(16)23-12-11-22-15-9-7-14(8-10-15)18(20)21-2/h3-10H,11-12H2,1-2H3. The number of carbonyl (C=O) groups excluding carboxylic acids is 2. The fourth-order valence-corrected chi connectivity index (χ4v) is 2.00. The first-order valence-corrected chi connectivity index (χ1v) is 7.15. The topological polar surface area (TPSA) is 61.8 Å². The van der Waals surface area contributed by atoms with E-state index in [-0.39, 0.29) is 11.8 Å². The Morgan fingerprint density at radius 1 is 0.913 bits per heavy atom. The highest BCUT2D eigenvalue weighted by Gasteiger charge is 2.07. The quantitative estimate of drug-likeness (QED) is 0.446. The lowest BCUT2D eigenvalue weighted by molar-refractivity contribution is 0.0600. The van der Waals surface area contributed by atoms with E-state index in [9.17, 15) is 9.59 Å². The summed E-state index contributed by atoms with van der Waals surface area (Å²) in [4.78, 5) is 22.8. The van der Waals surface area contributed by atoms with Gasteiger partial charge in [-0.05, 0) is 43.3 Å². The van der Waals surface area contributed by atoms with Crippen LogP contribution in [0.25, 0.3) is 0 Å². The van der Waals surface area contributed by atoms with Gasteiger partial charge in [0.25, 0.3) is 0 Å². The second kappa shape index (κ2) is 7.98. The number of rotatable bonds is 7. The molecule has 0 saturated heterocycles. The molecule has 0 aliphatic heterocycles. The van der Waals surface area contributed by atoms with Crippen molar-refractivity contribution >= 4 is 11.8 Å².